The first kappa shape index (κ1) is 25.5. The van der Waals surface area contributed by atoms with Gasteiger partial charge >= 0.3 is 0 Å². The highest BCUT2D eigenvalue weighted by atomic mass is 19.1. The number of hydrogen-bond donors (Lipinski definition) is 3. The second-order valence-electron chi connectivity index (χ2n) is 9.36. The molecule has 5 heterocycles. The van der Waals surface area contributed by atoms with Gasteiger partial charge in [0.2, 0.25) is 0 Å². The number of aliphatic hydroxyl groups is 1. The van der Waals surface area contributed by atoms with Crippen LogP contribution >= 0.6 is 0 Å². The van der Waals surface area contributed by atoms with Gasteiger partial charge in [-0.3, -0.25) is 14.3 Å². The summed E-state index contributed by atoms with van der Waals surface area (Å²) >= 11 is 0. The van der Waals surface area contributed by atoms with Gasteiger partial charge in [0.05, 0.1) is 63.9 Å². The summed E-state index contributed by atoms with van der Waals surface area (Å²) in [6, 6.07) is 12.7. The molecule has 196 valence electrons. The van der Waals surface area contributed by atoms with Crippen LogP contribution in [-0.2, 0) is 0 Å². The Hall–Kier alpha value is -5.15. The van der Waals surface area contributed by atoms with E-state index in [1.165, 1.54) is 26.2 Å². The summed E-state index contributed by atoms with van der Waals surface area (Å²) < 4.78 is 17.7. The van der Waals surface area contributed by atoms with Crippen LogP contribution in [0.15, 0.2) is 73.7 Å². The number of aromatic nitrogens is 6. The van der Waals surface area contributed by atoms with Gasteiger partial charge in [0, 0.05) is 18.6 Å². The molecule has 0 aromatic carbocycles. The molecule has 0 saturated carbocycles. The predicted octanol–water partition coefficient (Wildman–Crippen LogP) is 3.43. The minimum atomic E-state index is -1.67. The number of halogens is 1. The minimum Gasteiger partial charge on any atom is -0.387 e. The highest BCUT2D eigenvalue weighted by Gasteiger charge is 2.27. The third-order valence-corrected chi connectivity index (χ3v) is 6.04. The number of imidazole rings is 1. The van der Waals surface area contributed by atoms with Crippen molar-refractivity contribution in [2.24, 2.45) is 0 Å². The maximum Gasteiger partial charge on any atom is 0.255 e. The van der Waals surface area contributed by atoms with Crippen molar-refractivity contribution in [3.8, 4) is 23.3 Å². The average Bonchev–Trinajstić information content (AvgIpc) is 3.61. The highest BCUT2D eigenvalue weighted by molar-refractivity contribution is 6.00. The lowest BCUT2D eigenvalue weighted by molar-refractivity contribution is -0.00177. The summed E-state index contributed by atoms with van der Waals surface area (Å²) in [6.45, 7) is 2.30. The molecule has 0 radical (unpaired) electrons. The molecule has 11 nitrogen and oxygen atoms in total. The molecule has 5 aromatic heterocycles. The van der Waals surface area contributed by atoms with Gasteiger partial charge in [-0.05, 0) is 50.2 Å². The van der Waals surface area contributed by atoms with E-state index in [4.69, 9.17) is 5.26 Å². The Labute approximate surface area is 222 Å². The number of nitriles is 1. The first-order valence-corrected chi connectivity index (χ1v) is 12.0. The zero-order valence-corrected chi connectivity index (χ0v) is 21.1. The number of fused-ring (bicyclic) bond motifs is 1. The molecule has 5 rings (SSSR count). The second-order valence-corrected chi connectivity index (χ2v) is 9.36. The molecule has 0 aliphatic heterocycles. The van der Waals surface area contributed by atoms with Gasteiger partial charge < -0.3 is 15.7 Å². The summed E-state index contributed by atoms with van der Waals surface area (Å²) in [4.78, 5) is 26.0. The van der Waals surface area contributed by atoms with Crippen LogP contribution in [0.1, 0.15) is 29.8 Å². The van der Waals surface area contributed by atoms with Crippen molar-refractivity contribution in [3.63, 3.8) is 0 Å². The number of nitrogens with one attached hydrogen (secondary N) is 2. The van der Waals surface area contributed by atoms with Crippen LogP contribution in [-0.4, -0.2) is 58.5 Å². The molecular weight excluding hydrogens is 501 g/mol. The lowest BCUT2D eigenvalue weighted by Crippen LogP contribution is -2.42. The van der Waals surface area contributed by atoms with E-state index < -0.39 is 17.7 Å². The molecule has 39 heavy (non-hydrogen) atoms. The summed E-state index contributed by atoms with van der Waals surface area (Å²) in [6.07, 6.45) is 7.85. The fourth-order valence-electron chi connectivity index (χ4n) is 3.82. The largest absolute Gasteiger partial charge is 0.387 e. The molecule has 5 aromatic rings. The number of nitrogens with zero attached hydrogens (tertiary/aromatic N) is 7. The van der Waals surface area contributed by atoms with Crippen molar-refractivity contribution in [3.05, 3.63) is 84.8 Å². The Kier molecular flexibility index (Phi) is 6.74. The van der Waals surface area contributed by atoms with E-state index in [1.54, 1.807) is 58.3 Å². The van der Waals surface area contributed by atoms with Crippen molar-refractivity contribution >= 4 is 22.8 Å². The van der Waals surface area contributed by atoms with E-state index in [0.29, 0.717) is 39.7 Å². The highest BCUT2D eigenvalue weighted by Crippen LogP contribution is 2.28. The van der Waals surface area contributed by atoms with Crippen LogP contribution in [0.3, 0.4) is 0 Å². The molecule has 0 bridgehead atoms. The minimum absolute atomic E-state index is 0.168. The molecule has 1 atom stereocenters. The van der Waals surface area contributed by atoms with Crippen molar-refractivity contribution in [2.75, 3.05) is 11.9 Å². The number of anilines is 2. The third-order valence-electron chi connectivity index (χ3n) is 6.04. The Morgan fingerprint density at radius 3 is 2.72 bits per heavy atom. The molecule has 1 amide bonds. The van der Waals surface area contributed by atoms with E-state index in [9.17, 15) is 14.3 Å². The molecule has 12 heteroatoms. The normalized spacial score (nSPS) is 12.2. The molecule has 3 N–H and O–H groups in total. The lowest BCUT2D eigenvalue weighted by atomic mass is 10.0. The summed E-state index contributed by atoms with van der Waals surface area (Å²) in [5.41, 5.74) is 1.85. The van der Waals surface area contributed by atoms with Gasteiger partial charge in [-0.15, -0.1) is 0 Å². The maximum absolute atomic E-state index is 14.3. The number of carbonyl (C=O) groups excluding carboxylic acids is 1. The van der Waals surface area contributed by atoms with E-state index in [-0.39, 0.29) is 12.1 Å². The van der Waals surface area contributed by atoms with Crippen molar-refractivity contribution in [1.82, 2.24) is 34.4 Å². The van der Waals surface area contributed by atoms with Gasteiger partial charge in [-0.1, -0.05) is 0 Å². The molecule has 0 aliphatic carbocycles. The van der Waals surface area contributed by atoms with Crippen molar-refractivity contribution in [1.29, 1.82) is 5.26 Å². The van der Waals surface area contributed by atoms with E-state index in [1.807, 2.05) is 12.1 Å². The van der Waals surface area contributed by atoms with Crippen LogP contribution in [0, 0.1) is 11.3 Å². The maximum atomic E-state index is 14.3. The SMILES string of the molecule is CC(C)(O)[C@H](F)CNC(=O)c1cnc(-c2ccc3cc(C#N)cnn23)cc1Nc1ccc(-n2ccnc2)nc1. The fraction of sp³-hybridized carbons (Fsp3) is 0.185. The molecule has 0 fully saturated rings. The Balaban J connectivity index is 1.49. The average molecular weight is 526 g/mol. The van der Waals surface area contributed by atoms with Gasteiger partial charge in [0.1, 0.15) is 24.4 Å². The number of alkyl halides is 1. The van der Waals surface area contributed by atoms with Crippen molar-refractivity contribution < 1.29 is 14.3 Å². The van der Waals surface area contributed by atoms with Crippen molar-refractivity contribution in [2.45, 2.75) is 25.6 Å². The van der Waals surface area contributed by atoms with Gasteiger partial charge in [-0.25, -0.2) is 18.9 Å². The summed E-state index contributed by atoms with van der Waals surface area (Å²) in [7, 11) is 0. The Morgan fingerprint density at radius 2 is 2.03 bits per heavy atom. The van der Waals surface area contributed by atoms with E-state index in [0.717, 1.165) is 0 Å². The van der Waals surface area contributed by atoms with Crippen LogP contribution in [0.5, 0.6) is 0 Å². The molecular formula is C27H24FN9O2. The molecule has 0 aliphatic rings. The zero-order valence-electron chi connectivity index (χ0n) is 21.1. The monoisotopic (exact) mass is 525 g/mol. The van der Waals surface area contributed by atoms with Crippen LogP contribution < -0.4 is 10.6 Å². The van der Waals surface area contributed by atoms with Crippen LogP contribution in [0.25, 0.3) is 22.7 Å². The summed E-state index contributed by atoms with van der Waals surface area (Å²) in [5, 5.41) is 29.1. The lowest BCUT2D eigenvalue weighted by Gasteiger charge is -2.22. The molecule has 0 saturated heterocycles. The fourth-order valence-corrected chi connectivity index (χ4v) is 3.82. The van der Waals surface area contributed by atoms with E-state index in [2.05, 4.69) is 36.8 Å². The topological polar surface area (TPSA) is 146 Å². The number of pyridine rings is 2. The number of amides is 1. The number of hydrogen-bond acceptors (Lipinski definition) is 8. The number of rotatable bonds is 8. The third kappa shape index (κ3) is 5.43. The van der Waals surface area contributed by atoms with Gasteiger partial charge in [0.25, 0.3) is 5.91 Å². The standard InChI is InChI=1S/C27H24FN9O2/c1-27(2,39)24(28)15-33-26(38)20-14-31-22(23-5-4-19-9-17(11-29)12-34-37(19)23)10-21(20)35-18-3-6-25(32-13-18)36-8-7-30-16-36/h3-10,12-14,16,24,39H,15H2,1-2H3,(H,31,35)(H,33,38)/t24-/m1/s1. The first-order valence-electron chi connectivity index (χ1n) is 12.0. The molecule has 0 unspecified atom stereocenters. The smallest absolute Gasteiger partial charge is 0.255 e. The van der Waals surface area contributed by atoms with Crippen LogP contribution in [0.4, 0.5) is 15.8 Å². The number of carbonyl (C=O) groups is 1. The quantitative estimate of drug-likeness (QED) is 0.279. The first-order chi connectivity index (χ1) is 18.7. The Morgan fingerprint density at radius 1 is 1.18 bits per heavy atom. The van der Waals surface area contributed by atoms with Gasteiger partial charge in [-0.2, -0.15) is 10.4 Å². The predicted molar refractivity (Wildman–Crippen MR) is 141 cm³/mol. The second kappa shape index (κ2) is 10.3. The van der Waals surface area contributed by atoms with Gasteiger partial charge in [0.15, 0.2) is 0 Å². The summed E-state index contributed by atoms with van der Waals surface area (Å²) in [5.74, 6) is 0.0951. The Bertz CT molecular complexity index is 1670. The van der Waals surface area contributed by atoms with E-state index >= 15 is 0 Å². The van der Waals surface area contributed by atoms with Crippen LogP contribution in [0.2, 0.25) is 0 Å². The molecule has 0 spiro atoms. The zero-order chi connectivity index (χ0) is 27.6.